The van der Waals surface area contributed by atoms with E-state index in [0.717, 1.165) is 26.2 Å². The number of aryl methyl sites for hydroxylation is 2. The Morgan fingerprint density at radius 2 is 2.31 bits per heavy atom. The van der Waals surface area contributed by atoms with Crippen LogP contribution in [0.2, 0.25) is 0 Å². The highest BCUT2D eigenvalue weighted by molar-refractivity contribution is 7.12. The van der Waals surface area contributed by atoms with Crippen LogP contribution < -0.4 is 5.32 Å². The molecular formula is C13H22N2S. The summed E-state index contributed by atoms with van der Waals surface area (Å²) in [6.07, 6.45) is 4.00. The second-order valence-electron chi connectivity index (χ2n) is 4.59. The minimum absolute atomic E-state index is 1.05. The molecule has 0 radical (unpaired) electrons. The molecule has 1 aromatic rings. The Morgan fingerprint density at radius 3 is 3.06 bits per heavy atom. The monoisotopic (exact) mass is 238 g/mol. The summed E-state index contributed by atoms with van der Waals surface area (Å²) in [6.45, 7) is 6.61. The number of hydrogen-bond acceptors (Lipinski definition) is 3. The molecule has 0 amide bonds. The van der Waals surface area contributed by atoms with E-state index < -0.39 is 0 Å². The second kappa shape index (κ2) is 5.80. The highest BCUT2D eigenvalue weighted by Crippen LogP contribution is 2.30. The lowest BCUT2D eigenvalue weighted by atomic mass is 10.2. The molecule has 0 aromatic carbocycles. The average Bonchev–Trinajstić information content (AvgIpc) is 2.84. The number of likely N-dealkylation sites (N-methyl/N-ethyl adjacent to an activating group) is 1. The summed E-state index contributed by atoms with van der Waals surface area (Å²) in [5.74, 6) is 0. The Hall–Kier alpha value is -0.380. The number of rotatable bonds is 6. The molecule has 0 saturated heterocycles. The molecule has 0 bridgehead atoms. The maximum absolute atomic E-state index is 3.52. The lowest BCUT2D eigenvalue weighted by molar-refractivity contribution is 0.349. The van der Waals surface area contributed by atoms with E-state index in [2.05, 4.69) is 30.3 Å². The van der Waals surface area contributed by atoms with E-state index in [-0.39, 0.29) is 0 Å². The van der Waals surface area contributed by atoms with Crippen LogP contribution >= 0.6 is 11.3 Å². The zero-order chi connectivity index (χ0) is 11.4. The van der Waals surface area contributed by atoms with Gasteiger partial charge in [-0.25, -0.2) is 0 Å². The van der Waals surface area contributed by atoms with E-state index in [4.69, 9.17) is 0 Å². The van der Waals surface area contributed by atoms with E-state index >= 15 is 0 Å². The molecule has 1 aliphatic rings. The largest absolute Gasteiger partial charge is 0.311 e. The molecular weight excluding hydrogens is 216 g/mol. The third-order valence-electron chi connectivity index (χ3n) is 3.31. The van der Waals surface area contributed by atoms with Gasteiger partial charge in [0.25, 0.3) is 0 Å². The standard InChI is InChI=1S/C13H22N2S/c1-3-15(2)8-7-14-10-12-9-11-5-4-6-13(11)16-12/h9,14H,3-8,10H2,1-2H3. The molecule has 0 spiro atoms. The van der Waals surface area contributed by atoms with Crippen molar-refractivity contribution < 1.29 is 0 Å². The average molecular weight is 238 g/mol. The fourth-order valence-electron chi connectivity index (χ4n) is 2.12. The van der Waals surface area contributed by atoms with Crippen molar-refractivity contribution in [3.63, 3.8) is 0 Å². The molecule has 2 rings (SSSR count). The van der Waals surface area contributed by atoms with Crippen LogP contribution in [-0.2, 0) is 19.4 Å². The van der Waals surface area contributed by atoms with Gasteiger partial charge in [-0.3, -0.25) is 0 Å². The highest BCUT2D eigenvalue weighted by atomic mass is 32.1. The zero-order valence-electron chi connectivity index (χ0n) is 10.4. The first-order valence-electron chi connectivity index (χ1n) is 6.29. The smallest absolute Gasteiger partial charge is 0.0300 e. The minimum Gasteiger partial charge on any atom is -0.311 e. The summed E-state index contributed by atoms with van der Waals surface area (Å²) in [5, 5.41) is 3.52. The molecule has 2 nitrogen and oxygen atoms in total. The van der Waals surface area contributed by atoms with Crippen molar-refractivity contribution in [3.05, 3.63) is 21.4 Å². The van der Waals surface area contributed by atoms with Gasteiger partial charge < -0.3 is 10.2 Å². The van der Waals surface area contributed by atoms with Gasteiger partial charge in [0.05, 0.1) is 0 Å². The van der Waals surface area contributed by atoms with Crippen LogP contribution in [0.4, 0.5) is 0 Å². The molecule has 0 fully saturated rings. The molecule has 0 saturated carbocycles. The van der Waals surface area contributed by atoms with Crippen LogP contribution in [0, 0.1) is 0 Å². The topological polar surface area (TPSA) is 15.3 Å². The van der Waals surface area contributed by atoms with Crippen LogP contribution in [0.5, 0.6) is 0 Å². The third kappa shape index (κ3) is 3.06. The first kappa shape index (κ1) is 12.1. The molecule has 0 atom stereocenters. The van der Waals surface area contributed by atoms with Crippen molar-refractivity contribution in [1.82, 2.24) is 10.2 Å². The summed E-state index contributed by atoms with van der Waals surface area (Å²) in [6, 6.07) is 2.41. The number of fused-ring (bicyclic) bond motifs is 1. The fourth-order valence-corrected chi connectivity index (χ4v) is 3.35. The van der Waals surface area contributed by atoms with Crippen LogP contribution in [-0.4, -0.2) is 31.6 Å². The normalized spacial score (nSPS) is 14.7. The predicted octanol–water partition coefficient (Wildman–Crippen LogP) is 2.28. The summed E-state index contributed by atoms with van der Waals surface area (Å²) < 4.78 is 0. The summed E-state index contributed by atoms with van der Waals surface area (Å²) in [7, 11) is 2.17. The maximum Gasteiger partial charge on any atom is 0.0300 e. The van der Waals surface area contributed by atoms with Gasteiger partial charge in [-0.2, -0.15) is 0 Å². The van der Waals surface area contributed by atoms with Crippen LogP contribution in [0.3, 0.4) is 0 Å². The van der Waals surface area contributed by atoms with Gasteiger partial charge in [-0.1, -0.05) is 6.92 Å². The summed E-state index contributed by atoms with van der Waals surface area (Å²) in [5.41, 5.74) is 1.62. The third-order valence-corrected chi connectivity index (χ3v) is 4.54. The van der Waals surface area contributed by atoms with Gasteiger partial charge >= 0.3 is 0 Å². The zero-order valence-corrected chi connectivity index (χ0v) is 11.2. The Balaban J connectivity index is 1.69. The first-order chi connectivity index (χ1) is 7.79. The van der Waals surface area contributed by atoms with Crippen molar-refractivity contribution in [1.29, 1.82) is 0 Å². The van der Waals surface area contributed by atoms with E-state index in [1.165, 1.54) is 24.1 Å². The van der Waals surface area contributed by atoms with Crippen LogP contribution in [0.1, 0.15) is 28.7 Å². The van der Waals surface area contributed by atoms with Gasteiger partial charge in [0.2, 0.25) is 0 Å². The maximum atomic E-state index is 3.52. The fraction of sp³-hybridized carbons (Fsp3) is 0.692. The molecule has 1 heterocycles. The quantitative estimate of drug-likeness (QED) is 0.765. The molecule has 16 heavy (non-hydrogen) atoms. The van der Waals surface area contributed by atoms with E-state index in [0.29, 0.717) is 0 Å². The molecule has 1 aromatic heterocycles. The molecule has 0 aliphatic heterocycles. The highest BCUT2D eigenvalue weighted by Gasteiger charge is 2.14. The summed E-state index contributed by atoms with van der Waals surface area (Å²) >= 11 is 2.01. The van der Waals surface area contributed by atoms with Gasteiger partial charge in [-0.05, 0) is 44.5 Å². The SMILES string of the molecule is CCN(C)CCNCc1cc2c(s1)CCC2. The van der Waals surface area contributed by atoms with Crippen molar-refractivity contribution in [3.8, 4) is 0 Å². The Morgan fingerprint density at radius 1 is 1.44 bits per heavy atom. The van der Waals surface area contributed by atoms with Gasteiger partial charge in [0.1, 0.15) is 0 Å². The Labute approximate surface area is 103 Å². The van der Waals surface area contributed by atoms with Crippen LogP contribution in [0.15, 0.2) is 6.07 Å². The van der Waals surface area contributed by atoms with E-state index in [1.54, 1.807) is 10.4 Å². The molecule has 90 valence electrons. The van der Waals surface area contributed by atoms with E-state index in [9.17, 15) is 0 Å². The first-order valence-corrected chi connectivity index (χ1v) is 7.11. The summed E-state index contributed by atoms with van der Waals surface area (Å²) in [4.78, 5) is 5.49. The van der Waals surface area contributed by atoms with Crippen molar-refractivity contribution in [2.75, 3.05) is 26.7 Å². The van der Waals surface area contributed by atoms with Gasteiger partial charge in [0, 0.05) is 29.4 Å². The Bertz CT molecular complexity index is 311. The lowest BCUT2D eigenvalue weighted by Crippen LogP contribution is -2.28. The van der Waals surface area contributed by atoms with Gasteiger partial charge in [0.15, 0.2) is 0 Å². The van der Waals surface area contributed by atoms with E-state index in [1.807, 2.05) is 11.3 Å². The van der Waals surface area contributed by atoms with Crippen molar-refractivity contribution >= 4 is 11.3 Å². The number of thiophene rings is 1. The minimum atomic E-state index is 1.05. The number of hydrogen-bond donors (Lipinski definition) is 1. The van der Waals surface area contributed by atoms with Crippen LogP contribution in [0.25, 0.3) is 0 Å². The van der Waals surface area contributed by atoms with Gasteiger partial charge in [-0.15, -0.1) is 11.3 Å². The molecule has 1 aliphatic carbocycles. The molecule has 3 heteroatoms. The lowest BCUT2D eigenvalue weighted by Gasteiger charge is -2.13. The molecule has 1 N–H and O–H groups in total. The Kier molecular flexibility index (Phi) is 4.38. The number of nitrogens with zero attached hydrogens (tertiary/aromatic N) is 1. The van der Waals surface area contributed by atoms with Crippen molar-refractivity contribution in [2.24, 2.45) is 0 Å². The number of nitrogens with one attached hydrogen (secondary N) is 1. The second-order valence-corrected chi connectivity index (χ2v) is 5.81. The van der Waals surface area contributed by atoms with Crippen molar-refractivity contribution in [2.45, 2.75) is 32.7 Å². The molecule has 0 unspecified atom stereocenters. The predicted molar refractivity (Wildman–Crippen MR) is 71.2 cm³/mol.